The van der Waals surface area contributed by atoms with Crippen molar-refractivity contribution in [1.82, 2.24) is 14.4 Å². The zero-order valence-electron chi connectivity index (χ0n) is 13.2. The van der Waals surface area contributed by atoms with Crippen LogP contribution in [0.4, 0.5) is 0 Å². The lowest BCUT2D eigenvalue weighted by Gasteiger charge is -2.03. The van der Waals surface area contributed by atoms with Crippen molar-refractivity contribution in [2.24, 2.45) is 0 Å². The van der Waals surface area contributed by atoms with Gasteiger partial charge in [-0.1, -0.05) is 60.6 Å². The molecular weight excluding hydrogens is 258 g/mol. The Bertz CT molecular complexity index is 641. The summed E-state index contributed by atoms with van der Waals surface area (Å²) in [6.45, 7) is 10.4. The summed E-state index contributed by atoms with van der Waals surface area (Å²) in [5.74, 6) is 0. The summed E-state index contributed by atoms with van der Waals surface area (Å²) in [4.78, 5) is 8.82. The molecule has 0 bridgehead atoms. The van der Waals surface area contributed by atoms with Gasteiger partial charge in [-0.15, -0.1) is 0 Å². The molecule has 0 saturated heterocycles. The Morgan fingerprint density at radius 3 is 2.33 bits per heavy atom. The molecule has 0 aliphatic rings. The molecule has 0 spiro atoms. The third-order valence-electron chi connectivity index (χ3n) is 2.72. The molecule has 3 rings (SSSR count). The van der Waals surface area contributed by atoms with Crippen LogP contribution in [0.25, 0.3) is 16.6 Å². The monoisotopic (exact) mass is 287 g/mol. The molecule has 0 saturated carbocycles. The Kier molecular flexibility index (Phi) is 9.02. The molecular formula is C18H29N3. The lowest BCUT2D eigenvalue weighted by molar-refractivity contribution is 1.09. The Morgan fingerprint density at radius 2 is 1.71 bits per heavy atom. The summed E-state index contributed by atoms with van der Waals surface area (Å²) >= 11 is 0. The third-order valence-corrected chi connectivity index (χ3v) is 2.72. The molecule has 0 aliphatic heterocycles. The number of imidazole rings is 1. The topological polar surface area (TPSA) is 30.2 Å². The molecule has 0 unspecified atom stereocenters. The van der Waals surface area contributed by atoms with E-state index in [4.69, 9.17) is 0 Å². The SMILES string of the molecule is C.CC.CCC.CCc1cccc2c1ncn1ccnc21. The van der Waals surface area contributed by atoms with E-state index >= 15 is 0 Å². The molecule has 1 aromatic carbocycles. The highest BCUT2D eigenvalue weighted by molar-refractivity contribution is 5.92. The highest BCUT2D eigenvalue weighted by Crippen LogP contribution is 2.20. The van der Waals surface area contributed by atoms with Crippen LogP contribution >= 0.6 is 0 Å². The molecule has 0 atom stereocenters. The molecule has 0 fully saturated rings. The van der Waals surface area contributed by atoms with Gasteiger partial charge in [-0.05, 0) is 18.1 Å². The van der Waals surface area contributed by atoms with E-state index in [1.807, 2.05) is 30.8 Å². The van der Waals surface area contributed by atoms with Gasteiger partial charge < -0.3 is 0 Å². The van der Waals surface area contributed by atoms with E-state index in [2.05, 4.69) is 48.9 Å². The van der Waals surface area contributed by atoms with Crippen molar-refractivity contribution in [1.29, 1.82) is 0 Å². The van der Waals surface area contributed by atoms with Crippen LogP contribution in [-0.4, -0.2) is 14.4 Å². The van der Waals surface area contributed by atoms with E-state index in [0.717, 1.165) is 23.0 Å². The summed E-state index contributed by atoms with van der Waals surface area (Å²) in [6, 6.07) is 6.26. The zero-order chi connectivity index (χ0) is 15.0. The van der Waals surface area contributed by atoms with Gasteiger partial charge in [0.05, 0.1) is 5.52 Å². The van der Waals surface area contributed by atoms with Gasteiger partial charge in [0.25, 0.3) is 0 Å². The van der Waals surface area contributed by atoms with E-state index in [-0.39, 0.29) is 7.43 Å². The third kappa shape index (κ3) is 4.28. The summed E-state index contributed by atoms with van der Waals surface area (Å²) < 4.78 is 1.95. The highest BCUT2D eigenvalue weighted by atomic mass is 15.0. The van der Waals surface area contributed by atoms with Crippen LogP contribution in [0.5, 0.6) is 0 Å². The molecule has 0 N–H and O–H groups in total. The second-order valence-electron chi connectivity index (χ2n) is 4.28. The number of nitrogens with zero attached hydrogens (tertiary/aromatic N) is 3. The number of rotatable bonds is 1. The average molecular weight is 287 g/mol. The number of hydrogen-bond donors (Lipinski definition) is 0. The smallest absolute Gasteiger partial charge is 0.147 e. The number of para-hydroxylation sites is 1. The normalized spacial score (nSPS) is 9.19. The van der Waals surface area contributed by atoms with Crippen molar-refractivity contribution in [2.75, 3.05) is 0 Å². The number of fused-ring (bicyclic) bond motifs is 3. The van der Waals surface area contributed by atoms with Crippen molar-refractivity contribution in [3.8, 4) is 0 Å². The zero-order valence-corrected chi connectivity index (χ0v) is 13.2. The predicted molar refractivity (Wildman–Crippen MR) is 93.9 cm³/mol. The maximum Gasteiger partial charge on any atom is 0.147 e. The fourth-order valence-corrected chi connectivity index (χ4v) is 1.94. The minimum Gasteiger partial charge on any atom is -0.290 e. The van der Waals surface area contributed by atoms with Crippen LogP contribution in [0.15, 0.2) is 36.9 Å². The molecule has 3 aromatic rings. The number of aromatic nitrogens is 3. The van der Waals surface area contributed by atoms with Crippen LogP contribution in [0.2, 0.25) is 0 Å². The second-order valence-corrected chi connectivity index (χ2v) is 4.28. The fraction of sp³-hybridized carbons (Fsp3) is 0.444. The van der Waals surface area contributed by atoms with E-state index in [0.29, 0.717) is 0 Å². The molecule has 2 heterocycles. The van der Waals surface area contributed by atoms with Gasteiger partial charge in [-0.3, -0.25) is 4.40 Å². The van der Waals surface area contributed by atoms with Crippen LogP contribution < -0.4 is 0 Å². The quantitative estimate of drug-likeness (QED) is 0.589. The van der Waals surface area contributed by atoms with Crippen molar-refractivity contribution in [3.05, 3.63) is 42.5 Å². The number of aryl methyl sites for hydroxylation is 1. The Labute approximate surface area is 129 Å². The average Bonchev–Trinajstić information content (AvgIpc) is 2.98. The summed E-state index contributed by atoms with van der Waals surface area (Å²) in [5, 5.41) is 1.13. The largest absolute Gasteiger partial charge is 0.290 e. The summed E-state index contributed by atoms with van der Waals surface area (Å²) in [6.07, 6.45) is 7.79. The standard InChI is InChI=1S/C12H11N3.C3H8.C2H6.CH4/c1-2-9-4-3-5-10-11(9)14-8-15-7-6-13-12(10)15;1-3-2;1-2;/h3-8H,2H2,1H3;3H2,1-2H3;1-2H3;1H4. The van der Waals surface area contributed by atoms with Gasteiger partial charge in [0.1, 0.15) is 12.0 Å². The van der Waals surface area contributed by atoms with Crippen molar-refractivity contribution >= 4 is 16.6 Å². The predicted octanol–water partition coefficient (Wildman–Crippen LogP) is 5.52. The van der Waals surface area contributed by atoms with Gasteiger partial charge in [-0.2, -0.15) is 0 Å². The summed E-state index contributed by atoms with van der Waals surface area (Å²) in [7, 11) is 0. The lowest BCUT2D eigenvalue weighted by atomic mass is 10.1. The van der Waals surface area contributed by atoms with E-state index in [1.54, 1.807) is 6.20 Å². The minimum atomic E-state index is 0. The van der Waals surface area contributed by atoms with Crippen LogP contribution in [0.3, 0.4) is 0 Å². The molecule has 0 aliphatic carbocycles. The van der Waals surface area contributed by atoms with Gasteiger partial charge in [0, 0.05) is 17.8 Å². The number of hydrogen-bond acceptors (Lipinski definition) is 2. The molecule has 2 aromatic heterocycles. The van der Waals surface area contributed by atoms with Crippen molar-refractivity contribution < 1.29 is 0 Å². The first-order valence-corrected chi connectivity index (χ1v) is 7.51. The van der Waals surface area contributed by atoms with Gasteiger partial charge in [-0.25, -0.2) is 9.97 Å². The Balaban J connectivity index is 0.000000599. The van der Waals surface area contributed by atoms with Crippen LogP contribution in [0.1, 0.15) is 54.0 Å². The van der Waals surface area contributed by atoms with Crippen LogP contribution in [-0.2, 0) is 6.42 Å². The summed E-state index contributed by atoms with van der Waals surface area (Å²) in [5.41, 5.74) is 3.33. The Morgan fingerprint density at radius 1 is 1.05 bits per heavy atom. The van der Waals surface area contributed by atoms with Crippen LogP contribution in [0, 0.1) is 0 Å². The first-order chi connectivity index (χ1) is 9.81. The Hall–Kier alpha value is -1.90. The first-order valence-electron chi connectivity index (χ1n) is 7.51. The molecule has 3 heteroatoms. The highest BCUT2D eigenvalue weighted by Gasteiger charge is 2.04. The van der Waals surface area contributed by atoms with Gasteiger partial charge in [0.15, 0.2) is 0 Å². The maximum absolute atomic E-state index is 4.48. The van der Waals surface area contributed by atoms with Gasteiger partial charge >= 0.3 is 0 Å². The number of benzene rings is 1. The molecule has 3 nitrogen and oxygen atoms in total. The second kappa shape index (κ2) is 9.92. The molecule has 0 amide bonds. The van der Waals surface area contributed by atoms with E-state index in [1.165, 1.54) is 12.0 Å². The van der Waals surface area contributed by atoms with E-state index in [9.17, 15) is 0 Å². The maximum atomic E-state index is 4.48. The molecule has 0 radical (unpaired) electrons. The van der Waals surface area contributed by atoms with Crippen molar-refractivity contribution in [2.45, 2.75) is 54.9 Å². The minimum absolute atomic E-state index is 0. The fourth-order valence-electron chi connectivity index (χ4n) is 1.94. The molecule has 21 heavy (non-hydrogen) atoms. The van der Waals surface area contributed by atoms with Crippen molar-refractivity contribution in [3.63, 3.8) is 0 Å². The van der Waals surface area contributed by atoms with Gasteiger partial charge in [0.2, 0.25) is 0 Å². The lowest BCUT2D eigenvalue weighted by Crippen LogP contribution is -1.92. The molecule has 116 valence electrons. The first kappa shape index (κ1) is 19.1. The van der Waals surface area contributed by atoms with E-state index < -0.39 is 0 Å².